The number of imidazole rings is 1. The van der Waals surface area contributed by atoms with Gasteiger partial charge in [0.15, 0.2) is 11.5 Å². The molecule has 164 valence electrons. The van der Waals surface area contributed by atoms with Crippen molar-refractivity contribution in [3.05, 3.63) is 64.1 Å². The SMILES string of the molecule is FCCOc1ccc2nc(-c3c(F)cccc3I)c(Nc3ccc4c(c3)OCCO4)n2c1. The van der Waals surface area contributed by atoms with Crippen molar-refractivity contribution >= 4 is 39.7 Å². The fraction of sp³-hybridized carbons (Fsp3) is 0.174. The molecular weight excluding hydrogens is 531 g/mol. The van der Waals surface area contributed by atoms with Crippen molar-refractivity contribution in [2.45, 2.75) is 0 Å². The number of nitrogens with zero attached hydrogens (tertiary/aromatic N) is 2. The van der Waals surface area contributed by atoms with Crippen LogP contribution in [-0.2, 0) is 0 Å². The smallest absolute Gasteiger partial charge is 0.163 e. The van der Waals surface area contributed by atoms with Crippen LogP contribution in [0.5, 0.6) is 17.2 Å². The molecule has 0 bridgehead atoms. The number of halogens is 3. The second-order valence-corrected chi connectivity index (χ2v) is 8.18. The van der Waals surface area contributed by atoms with E-state index < -0.39 is 6.67 Å². The molecule has 0 unspecified atom stereocenters. The summed E-state index contributed by atoms with van der Waals surface area (Å²) >= 11 is 2.10. The Labute approximate surface area is 196 Å². The number of ether oxygens (including phenoxy) is 3. The van der Waals surface area contributed by atoms with Gasteiger partial charge in [0.25, 0.3) is 0 Å². The molecule has 0 radical (unpaired) electrons. The Kier molecular flexibility index (Phi) is 5.73. The molecule has 0 fully saturated rings. The van der Waals surface area contributed by atoms with Crippen molar-refractivity contribution in [3.8, 4) is 28.5 Å². The highest BCUT2D eigenvalue weighted by Crippen LogP contribution is 2.38. The minimum atomic E-state index is -0.594. The fourth-order valence-corrected chi connectivity index (χ4v) is 4.26. The van der Waals surface area contributed by atoms with Gasteiger partial charge in [0.1, 0.15) is 55.2 Å². The number of hydrogen-bond donors (Lipinski definition) is 1. The molecule has 3 heterocycles. The van der Waals surface area contributed by atoms with Gasteiger partial charge in [0.05, 0.1) is 11.8 Å². The zero-order chi connectivity index (χ0) is 22.1. The monoisotopic (exact) mass is 549 g/mol. The van der Waals surface area contributed by atoms with Gasteiger partial charge >= 0.3 is 0 Å². The van der Waals surface area contributed by atoms with Crippen molar-refractivity contribution in [1.29, 1.82) is 0 Å². The number of hydrogen-bond acceptors (Lipinski definition) is 5. The summed E-state index contributed by atoms with van der Waals surface area (Å²) in [6, 6.07) is 13.9. The van der Waals surface area contributed by atoms with Gasteiger partial charge in [-0.3, -0.25) is 4.40 Å². The zero-order valence-corrected chi connectivity index (χ0v) is 18.9. The first-order valence-electron chi connectivity index (χ1n) is 9.96. The maximum atomic E-state index is 14.9. The molecule has 0 atom stereocenters. The molecular formula is C23H18F2IN3O3. The lowest BCUT2D eigenvalue weighted by molar-refractivity contribution is 0.171. The third kappa shape index (κ3) is 3.92. The molecule has 6 nitrogen and oxygen atoms in total. The maximum absolute atomic E-state index is 14.9. The molecule has 0 aliphatic carbocycles. The van der Waals surface area contributed by atoms with Crippen LogP contribution in [0.3, 0.4) is 0 Å². The van der Waals surface area contributed by atoms with E-state index >= 15 is 0 Å². The number of benzene rings is 2. The van der Waals surface area contributed by atoms with Crippen LogP contribution in [0.1, 0.15) is 0 Å². The molecule has 0 saturated carbocycles. The van der Waals surface area contributed by atoms with Crippen molar-refractivity contribution in [1.82, 2.24) is 9.38 Å². The van der Waals surface area contributed by atoms with E-state index in [2.05, 4.69) is 32.9 Å². The Balaban J connectivity index is 1.65. The third-order valence-corrected chi connectivity index (χ3v) is 5.84. The molecule has 1 aliphatic heterocycles. The molecule has 5 rings (SSSR count). The summed E-state index contributed by atoms with van der Waals surface area (Å²) in [6.07, 6.45) is 1.70. The molecule has 9 heteroatoms. The Morgan fingerprint density at radius 2 is 1.94 bits per heavy atom. The van der Waals surface area contributed by atoms with Gasteiger partial charge in [0, 0.05) is 15.3 Å². The van der Waals surface area contributed by atoms with Crippen LogP contribution in [0.2, 0.25) is 0 Å². The zero-order valence-electron chi connectivity index (χ0n) is 16.8. The molecule has 4 aromatic rings. The van der Waals surface area contributed by atoms with E-state index in [1.165, 1.54) is 6.07 Å². The van der Waals surface area contributed by atoms with E-state index in [4.69, 9.17) is 14.2 Å². The van der Waals surface area contributed by atoms with E-state index in [1.54, 1.807) is 28.8 Å². The highest BCUT2D eigenvalue weighted by molar-refractivity contribution is 14.1. The van der Waals surface area contributed by atoms with E-state index in [-0.39, 0.29) is 12.4 Å². The van der Waals surface area contributed by atoms with Crippen molar-refractivity contribution < 1.29 is 23.0 Å². The van der Waals surface area contributed by atoms with Crippen LogP contribution in [0.15, 0.2) is 54.7 Å². The molecule has 0 saturated heterocycles. The van der Waals surface area contributed by atoms with Gasteiger partial charge in [-0.25, -0.2) is 13.8 Å². The summed E-state index contributed by atoms with van der Waals surface area (Å²) in [5.41, 5.74) is 2.15. The second-order valence-electron chi connectivity index (χ2n) is 7.02. The highest BCUT2D eigenvalue weighted by atomic mass is 127. The first kappa shape index (κ1) is 20.8. The van der Waals surface area contributed by atoms with E-state index in [0.29, 0.717) is 53.2 Å². The summed E-state index contributed by atoms with van der Waals surface area (Å²) in [5.74, 6) is 1.95. The Hall–Kier alpha value is -3.08. The number of pyridine rings is 1. The molecule has 2 aromatic carbocycles. The summed E-state index contributed by atoms with van der Waals surface area (Å²) in [5, 5.41) is 3.35. The van der Waals surface area contributed by atoms with Gasteiger partial charge in [0.2, 0.25) is 0 Å². The standard InChI is InChI=1S/C23H18F2IN3O3/c24-8-9-30-15-5-7-20-28-22(21-16(25)2-1-3-17(21)26)23(29(20)13-15)27-14-4-6-18-19(12-14)32-11-10-31-18/h1-7,12-13,27H,8-11H2. The summed E-state index contributed by atoms with van der Waals surface area (Å²) in [4.78, 5) is 4.68. The molecule has 0 spiro atoms. The second kappa shape index (κ2) is 8.81. The quantitative estimate of drug-likeness (QED) is 0.317. The highest BCUT2D eigenvalue weighted by Gasteiger charge is 2.21. The van der Waals surface area contributed by atoms with Gasteiger partial charge in [-0.05, 0) is 59.0 Å². The fourth-order valence-electron chi connectivity index (χ4n) is 3.54. The molecule has 2 aromatic heterocycles. The minimum absolute atomic E-state index is 0.0524. The molecule has 1 aliphatic rings. The lowest BCUT2D eigenvalue weighted by Gasteiger charge is -2.19. The van der Waals surface area contributed by atoms with Crippen molar-refractivity contribution in [2.24, 2.45) is 0 Å². The van der Waals surface area contributed by atoms with Crippen LogP contribution in [0.4, 0.5) is 20.3 Å². The number of aromatic nitrogens is 2. The lowest BCUT2D eigenvalue weighted by atomic mass is 10.1. The van der Waals surface area contributed by atoms with Crippen LogP contribution >= 0.6 is 22.6 Å². The predicted molar refractivity (Wildman–Crippen MR) is 125 cm³/mol. The lowest BCUT2D eigenvalue weighted by Crippen LogP contribution is -2.15. The van der Waals surface area contributed by atoms with Gasteiger partial charge in [-0.2, -0.15) is 0 Å². The largest absolute Gasteiger partial charge is 0.489 e. The van der Waals surface area contributed by atoms with Crippen molar-refractivity contribution in [2.75, 3.05) is 31.8 Å². The average molecular weight is 549 g/mol. The minimum Gasteiger partial charge on any atom is -0.489 e. The Morgan fingerprint density at radius 1 is 1.09 bits per heavy atom. The Morgan fingerprint density at radius 3 is 2.75 bits per heavy atom. The molecule has 1 N–H and O–H groups in total. The first-order valence-corrected chi connectivity index (χ1v) is 11.0. The Bertz CT molecular complexity index is 1270. The van der Waals surface area contributed by atoms with Crippen LogP contribution in [0.25, 0.3) is 16.9 Å². The van der Waals surface area contributed by atoms with Crippen LogP contribution in [0, 0.1) is 9.39 Å². The predicted octanol–water partition coefficient (Wildman–Crippen LogP) is 5.61. The van der Waals surface area contributed by atoms with E-state index in [0.717, 1.165) is 9.26 Å². The number of fused-ring (bicyclic) bond motifs is 2. The van der Waals surface area contributed by atoms with E-state index in [9.17, 15) is 8.78 Å². The van der Waals surface area contributed by atoms with Crippen LogP contribution in [-0.4, -0.2) is 35.9 Å². The third-order valence-electron chi connectivity index (χ3n) is 4.94. The maximum Gasteiger partial charge on any atom is 0.163 e. The number of anilines is 2. The summed E-state index contributed by atoms with van der Waals surface area (Å²) < 4.78 is 46.7. The summed E-state index contributed by atoms with van der Waals surface area (Å²) in [6.45, 7) is 0.330. The van der Waals surface area contributed by atoms with Gasteiger partial charge in [-0.15, -0.1) is 0 Å². The first-order chi connectivity index (χ1) is 15.6. The van der Waals surface area contributed by atoms with Crippen molar-refractivity contribution in [3.63, 3.8) is 0 Å². The van der Waals surface area contributed by atoms with E-state index in [1.807, 2.05) is 24.3 Å². The topological polar surface area (TPSA) is 57.0 Å². The number of rotatable bonds is 6. The molecule has 32 heavy (non-hydrogen) atoms. The van der Waals surface area contributed by atoms with Gasteiger partial charge < -0.3 is 19.5 Å². The number of nitrogens with one attached hydrogen (secondary N) is 1. The molecule has 0 amide bonds. The normalized spacial score (nSPS) is 12.7. The summed E-state index contributed by atoms with van der Waals surface area (Å²) in [7, 11) is 0. The van der Waals surface area contributed by atoms with Crippen LogP contribution < -0.4 is 19.5 Å². The number of alkyl halides is 1. The van der Waals surface area contributed by atoms with Gasteiger partial charge in [-0.1, -0.05) is 6.07 Å². The average Bonchev–Trinajstić information content (AvgIpc) is 3.14.